The number of hydrazone groups is 1. The van der Waals surface area contributed by atoms with Gasteiger partial charge in [-0.2, -0.15) is 5.10 Å². The molecule has 0 aromatic heterocycles. The Hall–Kier alpha value is -3.15. The summed E-state index contributed by atoms with van der Waals surface area (Å²) >= 11 is 0. The van der Waals surface area contributed by atoms with Crippen LogP contribution in [0, 0.1) is 0 Å². The predicted molar refractivity (Wildman–Crippen MR) is 101 cm³/mol. The molecule has 0 unspecified atom stereocenters. The Kier molecular flexibility index (Phi) is 7.36. The molecule has 136 valence electrons. The lowest BCUT2D eigenvalue weighted by Crippen LogP contribution is -2.41. The molecule has 0 bridgehead atoms. The topological polar surface area (TPSA) is 71.0 Å². The van der Waals surface area contributed by atoms with Gasteiger partial charge in [-0.05, 0) is 37.1 Å². The maximum Gasteiger partial charge on any atom is 0.329 e. The minimum atomic E-state index is -0.749. The lowest BCUT2D eigenvalue weighted by atomic mass is 10.2. The first-order chi connectivity index (χ1) is 12.6. The van der Waals surface area contributed by atoms with Crippen LogP contribution in [-0.4, -0.2) is 36.0 Å². The van der Waals surface area contributed by atoms with Gasteiger partial charge in [-0.1, -0.05) is 42.5 Å². The highest BCUT2D eigenvalue weighted by Crippen LogP contribution is 2.14. The molecule has 0 aliphatic carbocycles. The van der Waals surface area contributed by atoms with Gasteiger partial charge in [0.2, 0.25) is 0 Å². The van der Waals surface area contributed by atoms with Crippen molar-refractivity contribution in [2.24, 2.45) is 5.10 Å². The Balaban J connectivity index is 1.90. The number of ether oxygens (including phenoxy) is 1. The van der Waals surface area contributed by atoms with Crippen LogP contribution in [0.2, 0.25) is 0 Å². The fraction of sp³-hybridized carbons (Fsp3) is 0.250. The number of carbonyl (C=O) groups excluding carboxylic acids is 2. The molecule has 0 spiro atoms. The van der Waals surface area contributed by atoms with Gasteiger partial charge in [-0.15, -0.1) is 0 Å². The summed E-state index contributed by atoms with van der Waals surface area (Å²) in [4.78, 5) is 25.1. The van der Waals surface area contributed by atoms with Crippen molar-refractivity contribution in [2.45, 2.75) is 20.5 Å². The van der Waals surface area contributed by atoms with Gasteiger partial charge < -0.3 is 9.64 Å². The third-order valence-corrected chi connectivity index (χ3v) is 3.73. The van der Waals surface area contributed by atoms with Gasteiger partial charge in [0.1, 0.15) is 12.4 Å². The third-order valence-electron chi connectivity index (χ3n) is 3.73. The van der Waals surface area contributed by atoms with Crippen LogP contribution in [0.3, 0.4) is 0 Å². The molecular weight excluding hydrogens is 330 g/mol. The number of amides is 2. The van der Waals surface area contributed by atoms with Crippen molar-refractivity contribution >= 4 is 18.0 Å². The zero-order valence-electron chi connectivity index (χ0n) is 15.0. The van der Waals surface area contributed by atoms with E-state index in [0.717, 1.165) is 11.1 Å². The average molecular weight is 353 g/mol. The van der Waals surface area contributed by atoms with E-state index < -0.39 is 11.8 Å². The molecular formula is C20H23N3O3. The molecule has 26 heavy (non-hydrogen) atoms. The second-order valence-electron chi connectivity index (χ2n) is 5.52. The SMILES string of the molecule is CCN(CC)C(=O)C(=O)N/N=C\c1cccc(OCc2ccccc2)c1. The Bertz CT molecular complexity index is 756. The average Bonchev–Trinajstić information content (AvgIpc) is 2.68. The van der Waals surface area contributed by atoms with Crippen molar-refractivity contribution < 1.29 is 14.3 Å². The fourth-order valence-electron chi connectivity index (χ4n) is 2.29. The number of benzene rings is 2. The largest absolute Gasteiger partial charge is 0.489 e. The van der Waals surface area contributed by atoms with Crippen LogP contribution in [0.25, 0.3) is 0 Å². The van der Waals surface area contributed by atoms with Crippen LogP contribution in [0.15, 0.2) is 59.7 Å². The molecule has 6 nitrogen and oxygen atoms in total. The molecule has 0 fully saturated rings. The van der Waals surface area contributed by atoms with Crippen LogP contribution >= 0.6 is 0 Å². The zero-order valence-corrected chi connectivity index (χ0v) is 15.0. The molecule has 0 radical (unpaired) electrons. The van der Waals surface area contributed by atoms with E-state index in [9.17, 15) is 9.59 Å². The van der Waals surface area contributed by atoms with E-state index in [-0.39, 0.29) is 0 Å². The summed E-state index contributed by atoms with van der Waals surface area (Å²) in [6, 6.07) is 17.2. The normalized spacial score (nSPS) is 10.5. The van der Waals surface area contributed by atoms with Crippen LogP contribution in [0.4, 0.5) is 0 Å². The van der Waals surface area contributed by atoms with Gasteiger partial charge in [0, 0.05) is 13.1 Å². The van der Waals surface area contributed by atoms with Crippen molar-refractivity contribution in [1.82, 2.24) is 10.3 Å². The summed E-state index contributed by atoms with van der Waals surface area (Å²) in [6.45, 7) is 5.06. The summed E-state index contributed by atoms with van der Waals surface area (Å²) in [6.07, 6.45) is 1.47. The van der Waals surface area contributed by atoms with E-state index >= 15 is 0 Å². The Morgan fingerprint density at radius 3 is 2.50 bits per heavy atom. The van der Waals surface area contributed by atoms with Crippen molar-refractivity contribution in [3.8, 4) is 5.75 Å². The van der Waals surface area contributed by atoms with Crippen LogP contribution in [0.5, 0.6) is 5.75 Å². The van der Waals surface area contributed by atoms with Gasteiger partial charge >= 0.3 is 11.8 Å². The number of nitrogens with zero attached hydrogens (tertiary/aromatic N) is 2. The molecule has 0 saturated carbocycles. The molecule has 0 aliphatic heterocycles. The van der Waals surface area contributed by atoms with Crippen molar-refractivity contribution in [3.63, 3.8) is 0 Å². The number of nitrogens with one attached hydrogen (secondary N) is 1. The van der Waals surface area contributed by atoms with Crippen molar-refractivity contribution in [3.05, 3.63) is 65.7 Å². The highest BCUT2D eigenvalue weighted by molar-refractivity contribution is 6.34. The first-order valence-corrected chi connectivity index (χ1v) is 8.53. The Morgan fingerprint density at radius 1 is 1.08 bits per heavy atom. The number of likely N-dealkylation sites (N-methyl/N-ethyl adjacent to an activating group) is 1. The van der Waals surface area contributed by atoms with E-state index in [1.54, 1.807) is 0 Å². The molecule has 0 saturated heterocycles. The Labute approximate surface area is 153 Å². The first-order valence-electron chi connectivity index (χ1n) is 8.53. The molecule has 2 aromatic rings. The molecule has 0 heterocycles. The van der Waals surface area contributed by atoms with Gasteiger partial charge in [0.15, 0.2) is 0 Å². The van der Waals surface area contributed by atoms with Crippen LogP contribution in [-0.2, 0) is 16.2 Å². The number of hydrogen-bond donors (Lipinski definition) is 1. The van der Waals surface area contributed by atoms with Crippen LogP contribution in [0.1, 0.15) is 25.0 Å². The summed E-state index contributed by atoms with van der Waals surface area (Å²) in [5.41, 5.74) is 4.09. The zero-order chi connectivity index (χ0) is 18.8. The molecule has 0 aliphatic rings. The lowest BCUT2D eigenvalue weighted by Gasteiger charge is -2.16. The van der Waals surface area contributed by atoms with E-state index in [0.29, 0.717) is 25.4 Å². The van der Waals surface area contributed by atoms with Crippen molar-refractivity contribution in [2.75, 3.05) is 13.1 Å². The van der Waals surface area contributed by atoms with E-state index in [4.69, 9.17) is 4.74 Å². The maximum absolute atomic E-state index is 11.8. The standard InChI is InChI=1S/C20H23N3O3/c1-3-23(4-2)20(25)19(24)22-21-14-17-11-8-12-18(13-17)26-15-16-9-6-5-7-10-16/h5-14H,3-4,15H2,1-2H3,(H,22,24)/b21-14-. The van der Waals surface area contributed by atoms with E-state index in [2.05, 4.69) is 10.5 Å². The van der Waals surface area contributed by atoms with Gasteiger partial charge in [-0.25, -0.2) is 5.43 Å². The highest BCUT2D eigenvalue weighted by atomic mass is 16.5. The summed E-state index contributed by atoms with van der Waals surface area (Å²) < 4.78 is 5.75. The molecule has 6 heteroatoms. The fourth-order valence-corrected chi connectivity index (χ4v) is 2.29. The number of carbonyl (C=O) groups is 2. The summed E-state index contributed by atoms with van der Waals surface area (Å²) in [5, 5.41) is 3.85. The third kappa shape index (κ3) is 5.73. The highest BCUT2D eigenvalue weighted by Gasteiger charge is 2.18. The van der Waals surface area contributed by atoms with Crippen molar-refractivity contribution in [1.29, 1.82) is 0 Å². The molecule has 2 rings (SSSR count). The second-order valence-corrected chi connectivity index (χ2v) is 5.52. The van der Waals surface area contributed by atoms with Gasteiger partial charge in [0.05, 0.1) is 6.21 Å². The van der Waals surface area contributed by atoms with Gasteiger partial charge in [-0.3, -0.25) is 9.59 Å². The Morgan fingerprint density at radius 2 is 1.81 bits per heavy atom. The summed E-state index contributed by atoms with van der Waals surface area (Å²) in [7, 11) is 0. The molecule has 2 amide bonds. The molecule has 2 aromatic carbocycles. The maximum atomic E-state index is 11.8. The number of rotatable bonds is 7. The smallest absolute Gasteiger partial charge is 0.329 e. The summed E-state index contributed by atoms with van der Waals surface area (Å²) in [5.74, 6) is -0.642. The predicted octanol–water partition coefficient (Wildman–Crippen LogP) is 2.58. The lowest BCUT2D eigenvalue weighted by molar-refractivity contribution is -0.145. The minimum Gasteiger partial charge on any atom is -0.489 e. The quantitative estimate of drug-likeness (QED) is 0.472. The van der Waals surface area contributed by atoms with E-state index in [1.165, 1.54) is 11.1 Å². The first kappa shape index (κ1) is 19.2. The van der Waals surface area contributed by atoms with E-state index in [1.807, 2.05) is 68.4 Å². The van der Waals surface area contributed by atoms with Gasteiger partial charge in [0.25, 0.3) is 0 Å². The second kappa shape index (κ2) is 9.98. The number of hydrogen-bond acceptors (Lipinski definition) is 4. The molecule has 0 atom stereocenters. The monoisotopic (exact) mass is 353 g/mol. The molecule has 1 N–H and O–H groups in total. The van der Waals surface area contributed by atoms with Crippen LogP contribution < -0.4 is 10.2 Å². The minimum absolute atomic E-state index is 0.469.